The third-order valence-corrected chi connectivity index (χ3v) is 6.38. The van der Waals surface area contributed by atoms with E-state index in [0.29, 0.717) is 11.1 Å². The lowest BCUT2D eigenvalue weighted by Crippen LogP contribution is -2.22. The number of sulfone groups is 1. The Hall–Kier alpha value is -2.39. The summed E-state index contributed by atoms with van der Waals surface area (Å²) in [6.45, 7) is 1.68. The first-order chi connectivity index (χ1) is 11.9. The fourth-order valence-corrected chi connectivity index (χ4v) is 5.05. The number of hydrogen-bond acceptors (Lipinski definition) is 5. The molecule has 2 aromatic carbocycles. The monoisotopic (exact) mass is 396 g/mol. The van der Waals surface area contributed by atoms with Crippen LogP contribution in [0.25, 0.3) is 0 Å². The zero-order valence-corrected chi connectivity index (χ0v) is 16.5. The largest absolute Gasteiger partial charge is 0.345 e. The summed E-state index contributed by atoms with van der Waals surface area (Å²) in [5.41, 5.74) is 1.12. The van der Waals surface area contributed by atoms with Crippen molar-refractivity contribution >= 4 is 31.5 Å². The Bertz CT molecular complexity index is 1060. The number of hydrogen-bond donors (Lipinski definition) is 1. The molecule has 0 aliphatic rings. The lowest BCUT2D eigenvalue weighted by molar-refractivity contribution is 0.0827. The number of anilines is 1. The van der Waals surface area contributed by atoms with Crippen LogP contribution in [0, 0.1) is 6.92 Å². The van der Waals surface area contributed by atoms with Crippen LogP contribution >= 0.6 is 0 Å². The molecule has 9 heteroatoms. The topological polar surface area (TPSA) is 101 Å². The molecule has 1 N–H and O–H groups in total. The number of aryl methyl sites for hydroxylation is 1. The van der Waals surface area contributed by atoms with Crippen molar-refractivity contribution in [3.63, 3.8) is 0 Å². The minimum Gasteiger partial charge on any atom is -0.345 e. The van der Waals surface area contributed by atoms with Crippen molar-refractivity contribution in [1.29, 1.82) is 0 Å². The lowest BCUT2D eigenvalue weighted by Gasteiger charge is -2.15. The van der Waals surface area contributed by atoms with Gasteiger partial charge in [0.2, 0.25) is 0 Å². The maximum atomic E-state index is 12.8. The molecule has 0 saturated carbocycles. The molecule has 0 heterocycles. The van der Waals surface area contributed by atoms with Crippen LogP contribution in [-0.2, 0) is 19.9 Å². The molecule has 0 aliphatic heterocycles. The number of nitrogens with zero attached hydrogens (tertiary/aromatic N) is 1. The summed E-state index contributed by atoms with van der Waals surface area (Å²) in [5, 5.41) is 0. The SMILES string of the molecule is Cc1ccc(C(=O)N(C)C)cc1NS(=O)(=O)c1ccccc1S(C)(=O)=O. The molecular weight excluding hydrogens is 376 g/mol. The smallest absolute Gasteiger partial charge is 0.263 e. The van der Waals surface area contributed by atoms with Crippen LogP contribution in [0.1, 0.15) is 15.9 Å². The molecule has 26 heavy (non-hydrogen) atoms. The summed E-state index contributed by atoms with van der Waals surface area (Å²) >= 11 is 0. The average molecular weight is 396 g/mol. The molecule has 0 spiro atoms. The molecule has 0 radical (unpaired) electrons. The number of sulfonamides is 1. The van der Waals surface area contributed by atoms with Gasteiger partial charge in [-0.15, -0.1) is 0 Å². The minimum atomic E-state index is -4.17. The maximum Gasteiger partial charge on any atom is 0.263 e. The number of amides is 1. The molecule has 0 bridgehead atoms. The van der Waals surface area contributed by atoms with E-state index in [-0.39, 0.29) is 21.4 Å². The molecule has 2 rings (SSSR count). The molecule has 0 atom stereocenters. The number of rotatable bonds is 5. The second kappa shape index (κ2) is 7.08. The first-order valence-corrected chi connectivity index (χ1v) is 10.9. The van der Waals surface area contributed by atoms with Gasteiger partial charge in [-0.05, 0) is 36.8 Å². The lowest BCUT2D eigenvalue weighted by atomic mass is 10.1. The summed E-state index contributed by atoms with van der Waals surface area (Å²) in [7, 11) is -4.71. The van der Waals surface area contributed by atoms with Crippen molar-refractivity contribution in [3.8, 4) is 0 Å². The normalized spacial score (nSPS) is 11.8. The van der Waals surface area contributed by atoms with Crippen LogP contribution in [0.4, 0.5) is 5.69 Å². The summed E-state index contributed by atoms with van der Waals surface area (Å²) in [6, 6.07) is 10.0. The van der Waals surface area contributed by atoms with E-state index in [1.165, 1.54) is 35.2 Å². The number of nitrogens with one attached hydrogen (secondary N) is 1. The standard InChI is InChI=1S/C17H20N2O5S2/c1-12-9-10-13(17(20)19(2)3)11-14(12)18-26(23,24)16-8-6-5-7-15(16)25(4,21)22/h5-11,18H,1-4H3. The van der Waals surface area contributed by atoms with Crippen LogP contribution in [0.15, 0.2) is 52.3 Å². The van der Waals surface area contributed by atoms with Gasteiger partial charge < -0.3 is 4.90 Å². The van der Waals surface area contributed by atoms with E-state index in [0.717, 1.165) is 6.26 Å². The molecule has 2 aromatic rings. The Labute approximate surface area is 153 Å². The predicted molar refractivity (Wildman–Crippen MR) is 99.6 cm³/mol. The second-order valence-electron chi connectivity index (χ2n) is 6.05. The number of carbonyl (C=O) groups excluding carboxylic acids is 1. The highest BCUT2D eigenvalue weighted by atomic mass is 32.2. The minimum absolute atomic E-state index is 0.209. The second-order valence-corrected chi connectivity index (χ2v) is 9.69. The fourth-order valence-electron chi connectivity index (χ4n) is 2.30. The van der Waals surface area contributed by atoms with E-state index < -0.39 is 19.9 Å². The zero-order chi connectivity index (χ0) is 19.7. The van der Waals surface area contributed by atoms with Gasteiger partial charge >= 0.3 is 0 Å². The van der Waals surface area contributed by atoms with Crippen LogP contribution in [-0.4, -0.2) is 48.0 Å². The Balaban J connectivity index is 2.52. The van der Waals surface area contributed by atoms with E-state index in [4.69, 9.17) is 0 Å². The van der Waals surface area contributed by atoms with Gasteiger partial charge in [0.1, 0.15) is 4.90 Å². The quantitative estimate of drug-likeness (QED) is 0.832. The van der Waals surface area contributed by atoms with Crippen LogP contribution in [0.5, 0.6) is 0 Å². The van der Waals surface area contributed by atoms with Crippen LogP contribution in [0.3, 0.4) is 0 Å². The maximum absolute atomic E-state index is 12.8. The van der Waals surface area contributed by atoms with Crippen molar-refractivity contribution in [3.05, 3.63) is 53.6 Å². The van der Waals surface area contributed by atoms with E-state index in [1.54, 1.807) is 33.2 Å². The van der Waals surface area contributed by atoms with Crippen molar-refractivity contribution in [2.75, 3.05) is 25.1 Å². The molecular formula is C17H20N2O5S2. The summed E-state index contributed by atoms with van der Waals surface area (Å²) in [6.07, 6.45) is 0.947. The first kappa shape index (κ1) is 19.9. The van der Waals surface area contributed by atoms with Gasteiger partial charge in [-0.1, -0.05) is 18.2 Å². The molecule has 0 unspecified atom stereocenters. The summed E-state index contributed by atoms with van der Waals surface area (Å²) < 4.78 is 51.7. The van der Waals surface area contributed by atoms with Gasteiger partial charge in [-0.25, -0.2) is 16.8 Å². The zero-order valence-electron chi connectivity index (χ0n) is 14.8. The first-order valence-electron chi connectivity index (χ1n) is 7.57. The van der Waals surface area contributed by atoms with E-state index in [1.807, 2.05) is 0 Å². The summed E-state index contributed by atoms with van der Waals surface area (Å²) in [4.78, 5) is 12.8. The Morgan fingerprint density at radius 2 is 1.54 bits per heavy atom. The highest BCUT2D eigenvalue weighted by Crippen LogP contribution is 2.25. The van der Waals surface area contributed by atoms with Crippen LogP contribution < -0.4 is 4.72 Å². The molecule has 1 amide bonds. The van der Waals surface area contributed by atoms with Crippen LogP contribution in [0.2, 0.25) is 0 Å². The van der Waals surface area contributed by atoms with Crippen molar-refractivity contribution < 1.29 is 21.6 Å². The molecule has 0 fully saturated rings. The number of carbonyl (C=O) groups is 1. The molecule has 0 aliphatic carbocycles. The van der Waals surface area contributed by atoms with Gasteiger partial charge in [0, 0.05) is 25.9 Å². The van der Waals surface area contributed by atoms with Gasteiger partial charge in [-0.3, -0.25) is 9.52 Å². The van der Waals surface area contributed by atoms with Crippen molar-refractivity contribution in [2.24, 2.45) is 0 Å². The van der Waals surface area contributed by atoms with E-state index in [2.05, 4.69) is 4.72 Å². The third-order valence-electron chi connectivity index (χ3n) is 3.67. The Morgan fingerprint density at radius 3 is 2.08 bits per heavy atom. The highest BCUT2D eigenvalue weighted by Gasteiger charge is 2.24. The van der Waals surface area contributed by atoms with E-state index >= 15 is 0 Å². The molecule has 7 nitrogen and oxygen atoms in total. The molecule has 0 saturated heterocycles. The van der Waals surface area contributed by atoms with Crippen molar-refractivity contribution in [2.45, 2.75) is 16.7 Å². The van der Waals surface area contributed by atoms with Gasteiger partial charge in [0.05, 0.1) is 10.6 Å². The van der Waals surface area contributed by atoms with Crippen molar-refractivity contribution in [1.82, 2.24) is 4.90 Å². The van der Waals surface area contributed by atoms with E-state index in [9.17, 15) is 21.6 Å². The fraction of sp³-hybridized carbons (Fsp3) is 0.235. The van der Waals surface area contributed by atoms with Gasteiger partial charge in [0.25, 0.3) is 15.9 Å². The third kappa shape index (κ3) is 4.23. The predicted octanol–water partition coefficient (Wildman–Crippen LogP) is 1.90. The highest BCUT2D eigenvalue weighted by molar-refractivity contribution is 7.95. The molecule has 140 valence electrons. The molecule has 0 aromatic heterocycles. The average Bonchev–Trinajstić information content (AvgIpc) is 2.55. The van der Waals surface area contributed by atoms with Gasteiger partial charge in [-0.2, -0.15) is 0 Å². The van der Waals surface area contributed by atoms with Gasteiger partial charge in [0.15, 0.2) is 9.84 Å². The Morgan fingerprint density at radius 1 is 0.962 bits per heavy atom. The Kier molecular flexibility index (Phi) is 5.43. The summed E-state index contributed by atoms with van der Waals surface area (Å²) in [5.74, 6) is -0.276. The number of benzene rings is 2.